The van der Waals surface area contributed by atoms with Crippen LogP contribution < -0.4 is 21.3 Å². The maximum atomic E-state index is 12.1. The van der Waals surface area contributed by atoms with Crippen molar-refractivity contribution in [2.75, 3.05) is 23.7 Å². The minimum absolute atomic E-state index is 0. The number of anilines is 2. The van der Waals surface area contributed by atoms with Gasteiger partial charge in [-0.2, -0.15) is 0 Å². The zero-order valence-corrected chi connectivity index (χ0v) is 13.7. The molecular formula is C16H23ClN4O2. The number of urea groups is 1. The van der Waals surface area contributed by atoms with Crippen LogP contribution in [0.3, 0.4) is 0 Å². The second-order valence-electron chi connectivity index (χ2n) is 5.96. The molecule has 3 amide bonds. The Labute approximate surface area is 142 Å². The number of piperidine rings is 1. The van der Waals surface area contributed by atoms with Crippen molar-refractivity contribution in [3.05, 3.63) is 24.3 Å². The maximum absolute atomic E-state index is 12.1. The zero-order chi connectivity index (χ0) is 15.4. The number of carbonyl (C=O) groups is 2. The Morgan fingerprint density at radius 2 is 1.48 bits per heavy atom. The van der Waals surface area contributed by atoms with Crippen molar-refractivity contribution in [3.8, 4) is 0 Å². The fraction of sp³-hybridized carbons (Fsp3) is 0.500. The largest absolute Gasteiger partial charge is 0.335 e. The third-order valence-corrected chi connectivity index (χ3v) is 4.03. The van der Waals surface area contributed by atoms with Gasteiger partial charge in [-0.15, -0.1) is 12.4 Å². The second-order valence-corrected chi connectivity index (χ2v) is 5.96. The van der Waals surface area contributed by atoms with Crippen molar-refractivity contribution >= 4 is 35.7 Å². The lowest BCUT2D eigenvalue weighted by atomic mass is 9.97. The number of benzene rings is 1. The fourth-order valence-electron chi connectivity index (χ4n) is 2.55. The van der Waals surface area contributed by atoms with E-state index < -0.39 is 0 Å². The van der Waals surface area contributed by atoms with E-state index in [1.807, 2.05) is 12.1 Å². The Morgan fingerprint density at radius 1 is 0.913 bits per heavy atom. The summed E-state index contributed by atoms with van der Waals surface area (Å²) in [5.41, 5.74) is 1.48. The van der Waals surface area contributed by atoms with Gasteiger partial charge in [0.25, 0.3) is 0 Å². The van der Waals surface area contributed by atoms with E-state index in [1.54, 1.807) is 12.1 Å². The quantitative estimate of drug-likeness (QED) is 0.680. The monoisotopic (exact) mass is 338 g/mol. The predicted octanol–water partition coefficient (Wildman–Crippen LogP) is 2.33. The van der Waals surface area contributed by atoms with Crippen molar-refractivity contribution in [2.24, 2.45) is 5.92 Å². The van der Waals surface area contributed by atoms with Crippen LogP contribution in [-0.2, 0) is 4.79 Å². The van der Waals surface area contributed by atoms with Crippen LogP contribution in [-0.4, -0.2) is 31.1 Å². The standard InChI is InChI=1S/C16H22N4O2.ClH/c21-15(11-7-9-17-10-8-11)18-12-1-3-13(4-2-12)19-16(22)20-14-5-6-14;/h1-4,11,14,17H,5-10H2,(H,18,21)(H2,19,20,22);1H. The van der Waals surface area contributed by atoms with E-state index in [2.05, 4.69) is 21.3 Å². The summed E-state index contributed by atoms with van der Waals surface area (Å²) >= 11 is 0. The highest BCUT2D eigenvalue weighted by Gasteiger charge is 2.23. The first kappa shape index (κ1) is 17.6. The highest BCUT2D eigenvalue weighted by atomic mass is 35.5. The van der Waals surface area contributed by atoms with Crippen LogP contribution in [0.25, 0.3) is 0 Å². The van der Waals surface area contributed by atoms with Crippen molar-refractivity contribution < 1.29 is 9.59 Å². The smallest absolute Gasteiger partial charge is 0.319 e. The molecule has 3 rings (SSSR count). The summed E-state index contributed by atoms with van der Waals surface area (Å²) < 4.78 is 0. The molecule has 1 aromatic carbocycles. The Morgan fingerprint density at radius 3 is 2.04 bits per heavy atom. The van der Waals surface area contributed by atoms with Crippen molar-refractivity contribution in [2.45, 2.75) is 31.7 Å². The van der Waals surface area contributed by atoms with Gasteiger partial charge in [-0.25, -0.2) is 4.79 Å². The normalized spacial score (nSPS) is 17.7. The van der Waals surface area contributed by atoms with Gasteiger partial charge in [-0.3, -0.25) is 4.79 Å². The molecule has 2 fully saturated rings. The van der Waals surface area contributed by atoms with E-state index in [4.69, 9.17) is 0 Å². The van der Waals surface area contributed by atoms with Gasteiger partial charge in [-0.1, -0.05) is 0 Å². The van der Waals surface area contributed by atoms with E-state index in [0.29, 0.717) is 6.04 Å². The first-order valence-electron chi connectivity index (χ1n) is 7.90. The number of nitrogens with one attached hydrogen (secondary N) is 4. The van der Waals surface area contributed by atoms with Crippen LogP contribution in [0.5, 0.6) is 0 Å². The molecule has 7 heteroatoms. The summed E-state index contributed by atoms with van der Waals surface area (Å²) in [5.74, 6) is 0.164. The third-order valence-electron chi connectivity index (χ3n) is 4.03. The van der Waals surface area contributed by atoms with Gasteiger partial charge in [-0.05, 0) is 63.0 Å². The van der Waals surface area contributed by atoms with E-state index in [9.17, 15) is 9.59 Å². The average molecular weight is 339 g/mol. The van der Waals surface area contributed by atoms with Gasteiger partial charge in [0.05, 0.1) is 0 Å². The van der Waals surface area contributed by atoms with Crippen LogP contribution in [0.15, 0.2) is 24.3 Å². The first-order chi connectivity index (χ1) is 10.7. The van der Waals surface area contributed by atoms with Crippen molar-refractivity contribution in [1.82, 2.24) is 10.6 Å². The van der Waals surface area contributed by atoms with Crippen molar-refractivity contribution in [3.63, 3.8) is 0 Å². The van der Waals surface area contributed by atoms with Gasteiger partial charge in [0, 0.05) is 23.3 Å². The number of halogens is 1. The van der Waals surface area contributed by atoms with E-state index >= 15 is 0 Å². The van der Waals surface area contributed by atoms with Gasteiger partial charge in [0.2, 0.25) is 5.91 Å². The number of hydrogen-bond donors (Lipinski definition) is 4. The van der Waals surface area contributed by atoms with Crippen molar-refractivity contribution in [1.29, 1.82) is 0 Å². The Kier molecular flexibility index (Phi) is 6.24. The summed E-state index contributed by atoms with van der Waals surface area (Å²) in [4.78, 5) is 23.8. The molecule has 126 valence electrons. The minimum Gasteiger partial charge on any atom is -0.335 e. The molecule has 23 heavy (non-hydrogen) atoms. The molecule has 0 radical (unpaired) electrons. The molecular weight excluding hydrogens is 316 g/mol. The molecule has 0 spiro atoms. The molecule has 1 aromatic rings. The molecule has 1 saturated carbocycles. The Balaban J connectivity index is 0.00000192. The zero-order valence-electron chi connectivity index (χ0n) is 12.9. The van der Waals surface area contributed by atoms with Crippen LogP contribution in [0.1, 0.15) is 25.7 Å². The summed E-state index contributed by atoms with van der Waals surface area (Å²) in [5, 5.41) is 11.8. The third kappa shape index (κ3) is 5.41. The number of rotatable bonds is 4. The molecule has 6 nitrogen and oxygen atoms in total. The molecule has 1 aliphatic carbocycles. The lowest BCUT2D eigenvalue weighted by Crippen LogP contribution is -2.34. The lowest BCUT2D eigenvalue weighted by Gasteiger charge is -2.21. The highest BCUT2D eigenvalue weighted by Crippen LogP contribution is 2.20. The Hall–Kier alpha value is -1.79. The summed E-state index contributed by atoms with van der Waals surface area (Å²) in [7, 11) is 0. The van der Waals surface area contributed by atoms with E-state index in [1.165, 1.54) is 0 Å². The summed E-state index contributed by atoms with van der Waals surface area (Å²) in [6.45, 7) is 1.80. The molecule has 0 atom stereocenters. The molecule has 2 aliphatic rings. The SMILES string of the molecule is Cl.O=C(Nc1ccc(NC(=O)C2CCNCC2)cc1)NC1CC1. The molecule has 4 N–H and O–H groups in total. The molecule has 0 bridgehead atoms. The second kappa shape index (κ2) is 8.17. The van der Waals surface area contributed by atoms with Crippen LogP contribution in [0.4, 0.5) is 16.2 Å². The van der Waals surface area contributed by atoms with Gasteiger partial charge >= 0.3 is 6.03 Å². The molecule has 0 unspecified atom stereocenters. The first-order valence-corrected chi connectivity index (χ1v) is 7.90. The minimum atomic E-state index is -0.172. The summed E-state index contributed by atoms with van der Waals surface area (Å²) in [6, 6.07) is 7.38. The maximum Gasteiger partial charge on any atom is 0.319 e. The van der Waals surface area contributed by atoms with Crippen LogP contribution >= 0.6 is 12.4 Å². The Bertz CT molecular complexity index is 540. The number of carbonyl (C=O) groups excluding carboxylic acids is 2. The molecule has 1 heterocycles. The predicted molar refractivity (Wildman–Crippen MR) is 93.1 cm³/mol. The van der Waals surface area contributed by atoms with E-state index in [0.717, 1.165) is 50.1 Å². The van der Waals surface area contributed by atoms with Crippen LogP contribution in [0, 0.1) is 5.92 Å². The van der Waals surface area contributed by atoms with Gasteiger partial charge in [0.1, 0.15) is 0 Å². The van der Waals surface area contributed by atoms with Gasteiger partial charge < -0.3 is 21.3 Å². The molecule has 1 aliphatic heterocycles. The number of amides is 3. The van der Waals surface area contributed by atoms with Crippen LogP contribution in [0.2, 0.25) is 0 Å². The molecule has 1 saturated heterocycles. The molecule has 0 aromatic heterocycles. The topological polar surface area (TPSA) is 82.3 Å². The fourth-order valence-corrected chi connectivity index (χ4v) is 2.55. The lowest BCUT2D eigenvalue weighted by molar-refractivity contribution is -0.120. The number of hydrogen-bond acceptors (Lipinski definition) is 3. The van der Waals surface area contributed by atoms with Gasteiger partial charge in [0.15, 0.2) is 0 Å². The summed E-state index contributed by atoms with van der Waals surface area (Å²) in [6.07, 6.45) is 3.89. The highest BCUT2D eigenvalue weighted by molar-refractivity contribution is 5.93. The van der Waals surface area contributed by atoms with E-state index in [-0.39, 0.29) is 30.3 Å². The average Bonchev–Trinajstić information content (AvgIpc) is 3.34.